The first-order valence-electron chi connectivity index (χ1n) is 4.05. The molecular formula is C8H13ClN2OS. The van der Waals surface area contributed by atoms with Crippen LogP contribution in [0.25, 0.3) is 0 Å². The van der Waals surface area contributed by atoms with Gasteiger partial charge in [0.05, 0.1) is 10.4 Å². The quantitative estimate of drug-likeness (QED) is 0.689. The highest BCUT2D eigenvalue weighted by atomic mass is 35.5. The molecule has 4 N–H and O–H groups in total. The van der Waals surface area contributed by atoms with Crippen molar-refractivity contribution in [2.45, 2.75) is 12.6 Å². The van der Waals surface area contributed by atoms with Gasteiger partial charge in [0.2, 0.25) is 0 Å². The molecule has 13 heavy (non-hydrogen) atoms. The third kappa shape index (κ3) is 4.06. The summed E-state index contributed by atoms with van der Waals surface area (Å²) in [4.78, 5) is 1.16. The number of nitrogens with two attached hydrogens (primary N) is 1. The van der Waals surface area contributed by atoms with Crippen LogP contribution in [0, 0.1) is 0 Å². The maximum absolute atomic E-state index is 9.13. The standard InChI is InChI=1S/C8H13ClN2OS/c9-8-2-1-7(13-8)5-11-4-6(12)3-10/h1-2,6,11-12H,3-5,10H2. The molecule has 0 saturated carbocycles. The highest BCUT2D eigenvalue weighted by molar-refractivity contribution is 7.16. The molecule has 0 fully saturated rings. The summed E-state index contributed by atoms with van der Waals surface area (Å²) in [7, 11) is 0. The Labute approximate surface area is 86.5 Å². The summed E-state index contributed by atoms with van der Waals surface area (Å²) in [6, 6.07) is 3.83. The summed E-state index contributed by atoms with van der Waals surface area (Å²) >= 11 is 7.29. The van der Waals surface area contributed by atoms with Crippen molar-refractivity contribution in [3.63, 3.8) is 0 Å². The van der Waals surface area contributed by atoms with Crippen LogP contribution in [0.4, 0.5) is 0 Å². The third-order valence-corrected chi connectivity index (χ3v) is 2.81. The van der Waals surface area contributed by atoms with E-state index in [9.17, 15) is 0 Å². The monoisotopic (exact) mass is 220 g/mol. The van der Waals surface area contributed by atoms with Gasteiger partial charge in [0.15, 0.2) is 0 Å². The zero-order chi connectivity index (χ0) is 9.68. The normalized spacial score (nSPS) is 13.2. The molecule has 0 aromatic carbocycles. The van der Waals surface area contributed by atoms with Crippen molar-refractivity contribution in [2.75, 3.05) is 13.1 Å². The Morgan fingerprint density at radius 1 is 1.62 bits per heavy atom. The maximum atomic E-state index is 9.13. The van der Waals surface area contributed by atoms with E-state index in [1.54, 1.807) is 0 Å². The molecule has 1 rings (SSSR count). The van der Waals surface area contributed by atoms with E-state index in [4.69, 9.17) is 22.4 Å². The van der Waals surface area contributed by atoms with Crippen LogP contribution in [0.5, 0.6) is 0 Å². The minimum atomic E-state index is -0.463. The number of thiophene rings is 1. The van der Waals surface area contributed by atoms with Gasteiger partial charge in [0.1, 0.15) is 0 Å². The SMILES string of the molecule is NCC(O)CNCc1ccc(Cl)s1. The van der Waals surface area contributed by atoms with Crippen LogP contribution in [0.2, 0.25) is 4.34 Å². The lowest BCUT2D eigenvalue weighted by Crippen LogP contribution is -2.32. The Hall–Kier alpha value is -0.130. The molecule has 3 nitrogen and oxygen atoms in total. The molecule has 0 bridgehead atoms. The molecule has 5 heteroatoms. The van der Waals surface area contributed by atoms with Gasteiger partial charge in [0.25, 0.3) is 0 Å². The first kappa shape index (κ1) is 10.9. The molecule has 74 valence electrons. The van der Waals surface area contributed by atoms with Gasteiger partial charge in [-0.3, -0.25) is 0 Å². The first-order valence-corrected chi connectivity index (χ1v) is 5.25. The summed E-state index contributed by atoms with van der Waals surface area (Å²) in [6.45, 7) is 1.54. The fraction of sp³-hybridized carbons (Fsp3) is 0.500. The van der Waals surface area contributed by atoms with Crippen LogP contribution in [0.15, 0.2) is 12.1 Å². The summed E-state index contributed by atoms with van der Waals surface area (Å²) in [6.07, 6.45) is -0.463. The average molecular weight is 221 g/mol. The topological polar surface area (TPSA) is 58.3 Å². The lowest BCUT2D eigenvalue weighted by atomic mass is 10.3. The molecule has 1 heterocycles. The lowest BCUT2D eigenvalue weighted by Gasteiger charge is -2.07. The Morgan fingerprint density at radius 2 is 2.38 bits per heavy atom. The second-order valence-electron chi connectivity index (χ2n) is 2.73. The third-order valence-electron chi connectivity index (χ3n) is 1.58. The number of rotatable bonds is 5. The summed E-state index contributed by atoms with van der Waals surface area (Å²) in [5.74, 6) is 0. The van der Waals surface area contributed by atoms with Crippen LogP contribution >= 0.6 is 22.9 Å². The molecule has 0 aliphatic rings. The predicted molar refractivity (Wildman–Crippen MR) is 56.1 cm³/mol. The number of aliphatic hydroxyl groups is 1. The molecule has 1 aromatic rings. The van der Waals surface area contributed by atoms with Crippen LogP contribution < -0.4 is 11.1 Å². The van der Waals surface area contributed by atoms with Gasteiger partial charge < -0.3 is 16.2 Å². The largest absolute Gasteiger partial charge is 0.390 e. The molecular weight excluding hydrogens is 208 g/mol. The van der Waals surface area contributed by atoms with Crippen molar-refractivity contribution in [3.8, 4) is 0 Å². The smallest absolute Gasteiger partial charge is 0.0931 e. The molecule has 1 aromatic heterocycles. The fourth-order valence-electron chi connectivity index (χ4n) is 0.892. The van der Waals surface area contributed by atoms with Gasteiger partial charge in [-0.25, -0.2) is 0 Å². The number of aliphatic hydroxyl groups excluding tert-OH is 1. The molecule has 0 aliphatic carbocycles. The highest BCUT2D eigenvalue weighted by Crippen LogP contribution is 2.20. The van der Waals surface area contributed by atoms with Crippen molar-refractivity contribution in [2.24, 2.45) is 5.73 Å². The van der Waals surface area contributed by atoms with Crippen LogP contribution in [-0.4, -0.2) is 24.3 Å². The average Bonchev–Trinajstić information content (AvgIpc) is 2.51. The number of nitrogens with one attached hydrogen (secondary N) is 1. The molecule has 0 aliphatic heterocycles. The second kappa shape index (κ2) is 5.57. The van der Waals surface area contributed by atoms with Crippen LogP contribution in [0.1, 0.15) is 4.88 Å². The van der Waals surface area contributed by atoms with Crippen molar-refractivity contribution < 1.29 is 5.11 Å². The van der Waals surface area contributed by atoms with E-state index in [1.807, 2.05) is 12.1 Å². The van der Waals surface area contributed by atoms with E-state index in [-0.39, 0.29) is 6.54 Å². The van der Waals surface area contributed by atoms with E-state index in [0.29, 0.717) is 6.54 Å². The molecule has 0 radical (unpaired) electrons. The predicted octanol–water partition coefficient (Wildman–Crippen LogP) is 0.811. The molecule has 1 atom stereocenters. The van der Waals surface area contributed by atoms with E-state index < -0.39 is 6.10 Å². The van der Waals surface area contributed by atoms with E-state index in [1.165, 1.54) is 11.3 Å². The zero-order valence-corrected chi connectivity index (χ0v) is 8.74. The van der Waals surface area contributed by atoms with Crippen molar-refractivity contribution in [3.05, 3.63) is 21.3 Å². The van der Waals surface area contributed by atoms with Crippen LogP contribution in [-0.2, 0) is 6.54 Å². The Balaban J connectivity index is 2.20. The Bertz CT molecular complexity index is 254. The highest BCUT2D eigenvalue weighted by Gasteiger charge is 2.01. The fourth-order valence-corrected chi connectivity index (χ4v) is 1.95. The van der Waals surface area contributed by atoms with Gasteiger partial charge in [-0.2, -0.15) is 0 Å². The van der Waals surface area contributed by atoms with Crippen molar-refractivity contribution in [1.82, 2.24) is 5.32 Å². The Kier molecular flexibility index (Phi) is 4.69. The van der Waals surface area contributed by atoms with Gasteiger partial charge >= 0.3 is 0 Å². The van der Waals surface area contributed by atoms with E-state index in [2.05, 4.69) is 5.32 Å². The molecule has 0 saturated heterocycles. The number of halogens is 1. The second-order valence-corrected chi connectivity index (χ2v) is 4.53. The Morgan fingerprint density at radius 3 is 2.92 bits per heavy atom. The van der Waals surface area contributed by atoms with Crippen molar-refractivity contribution >= 4 is 22.9 Å². The lowest BCUT2D eigenvalue weighted by molar-refractivity contribution is 0.179. The van der Waals surface area contributed by atoms with Gasteiger partial charge in [-0.1, -0.05) is 11.6 Å². The van der Waals surface area contributed by atoms with Crippen LogP contribution in [0.3, 0.4) is 0 Å². The van der Waals surface area contributed by atoms with Crippen molar-refractivity contribution in [1.29, 1.82) is 0 Å². The van der Waals surface area contributed by atoms with Gasteiger partial charge in [0, 0.05) is 24.5 Å². The number of hydrogen-bond acceptors (Lipinski definition) is 4. The number of hydrogen-bond donors (Lipinski definition) is 3. The zero-order valence-electron chi connectivity index (χ0n) is 7.16. The minimum Gasteiger partial charge on any atom is -0.390 e. The summed E-state index contributed by atoms with van der Waals surface area (Å²) in [5.41, 5.74) is 5.25. The van der Waals surface area contributed by atoms with E-state index >= 15 is 0 Å². The maximum Gasteiger partial charge on any atom is 0.0931 e. The summed E-state index contributed by atoms with van der Waals surface area (Å²) < 4.78 is 0.788. The summed E-state index contributed by atoms with van der Waals surface area (Å²) in [5, 5.41) is 12.2. The molecule has 0 spiro atoms. The minimum absolute atomic E-state index is 0.290. The van der Waals surface area contributed by atoms with Gasteiger partial charge in [-0.15, -0.1) is 11.3 Å². The molecule has 1 unspecified atom stereocenters. The van der Waals surface area contributed by atoms with E-state index in [0.717, 1.165) is 15.8 Å². The molecule has 0 amide bonds. The van der Waals surface area contributed by atoms with Gasteiger partial charge in [-0.05, 0) is 12.1 Å². The first-order chi connectivity index (χ1) is 6.22.